The molecule has 1 aliphatic rings. The SMILES string of the molecule is CCC[C@@H]1CN(c2nc(C(=O)OCC)co2)C[C@H]1NS(C)(=O)=O. The number of aromatic nitrogens is 1. The summed E-state index contributed by atoms with van der Waals surface area (Å²) in [6.07, 6.45) is 4.28. The Bertz CT molecular complexity index is 643. The molecule has 9 heteroatoms. The van der Waals surface area contributed by atoms with E-state index in [2.05, 4.69) is 16.6 Å². The molecule has 0 amide bonds. The number of sulfonamides is 1. The maximum absolute atomic E-state index is 11.6. The van der Waals surface area contributed by atoms with Crippen LogP contribution in [0.3, 0.4) is 0 Å². The smallest absolute Gasteiger partial charge is 0.360 e. The number of rotatable bonds is 7. The maximum Gasteiger partial charge on any atom is 0.360 e. The third kappa shape index (κ3) is 4.68. The number of ether oxygens (including phenoxy) is 1. The summed E-state index contributed by atoms with van der Waals surface area (Å²) in [5.74, 6) is -0.356. The van der Waals surface area contributed by atoms with E-state index in [-0.39, 0.29) is 24.3 Å². The Balaban J connectivity index is 2.10. The topological polar surface area (TPSA) is 102 Å². The lowest BCUT2D eigenvalue weighted by Gasteiger charge is -2.17. The molecule has 1 aromatic rings. The Morgan fingerprint density at radius 3 is 2.83 bits per heavy atom. The van der Waals surface area contributed by atoms with E-state index in [9.17, 15) is 13.2 Å². The molecule has 2 rings (SSSR count). The van der Waals surface area contributed by atoms with Crippen LogP contribution in [0.1, 0.15) is 37.2 Å². The monoisotopic (exact) mass is 345 g/mol. The van der Waals surface area contributed by atoms with E-state index in [1.165, 1.54) is 6.26 Å². The van der Waals surface area contributed by atoms with Gasteiger partial charge in [0.25, 0.3) is 6.01 Å². The van der Waals surface area contributed by atoms with Gasteiger partial charge in [0.15, 0.2) is 5.69 Å². The Morgan fingerprint density at radius 2 is 2.22 bits per heavy atom. The van der Waals surface area contributed by atoms with Gasteiger partial charge in [-0.3, -0.25) is 0 Å². The molecule has 0 bridgehead atoms. The lowest BCUT2D eigenvalue weighted by molar-refractivity contribution is 0.0519. The van der Waals surface area contributed by atoms with Crippen molar-refractivity contribution < 1.29 is 22.4 Å². The van der Waals surface area contributed by atoms with Crippen molar-refractivity contribution >= 4 is 22.0 Å². The van der Waals surface area contributed by atoms with Gasteiger partial charge >= 0.3 is 5.97 Å². The first-order chi connectivity index (χ1) is 10.8. The molecule has 0 saturated carbocycles. The zero-order chi connectivity index (χ0) is 17.0. The molecule has 130 valence electrons. The fraction of sp³-hybridized carbons (Fsp3) is 0.714. The van der Waals surface area contributed by atoms with E-state index in [1.807, 2.05) is 4.90 Å². The molecule has 23 heavy (non-hydrogen) atoms. The quantitative estimate of drug-likeness (QED) is 0.736. The van der Waals surface area contributed by atoms with Gasteiger partial charge in [0.1, 0.15) is 6.26 Å². The lowest BCUT2D eigenvalue weighted by Crippen LogP contribution is -2.39. The summed E-state index contributed by atoms with van der Waals surface area (Å²) in [6, 6.07) is 0.120. The number of hydrogen-bond acceptors (Lipinski definition) is 7. The Labute approximate surface area is 136 Å². The highest BCUT2D eigenvalue weighted by Crippen LogP contribution is 2.27. The van der Waals surface area contributed by atoms with Crippen molar-refractivity contribution in [2.24, 2.45) is 5.92 Å². The van der Waals surface area contributed by atoms with E-state index >= 15 is 0 Å². The van der Waals surface area contributed by atoms with Gasteiger partial charge in [-0.15, -0.1) is 0 Å². The summed E-state index contributed by atoms with van der Waals surface area (Å²) in [7, 11) is -3.28. The van der Waals surface area contributed by atoms with E-state index in [1.54, 1.807) is 6.92 Å². The highest BCUT2D eigenvalue weighted by Gasteiger charge is 2.36. The summed E-state index contributed by atoms with van der Waals surface area (Å²) in [4.78, 5) is 17.6. The highest BCUT2D eigenvalue weighted by molar-refractivity contribution is 7.88. The zero-order valence-electron chi connectivity index (χ0n) is 13.6. The second-order valence-corrected chi connectivity index (χ2v) is 7.47. The van der Waals surface area contributed by atoms with Crippen LogP contribution in [0.15, 0.2) is 10.7 Å². The van der Waals surface area contributed by atoms with Gasteiger partial charge in [-0.05, 0) is 19.3 Å². The zero-order valence-corrected chi connectivity index (χ0v) is 14.4. The van der Waals surface area contributed by atoms with Crippen LogP contribution < -0.4 is 9.62 Å². The number of esters is 1. The number of carbonyl (C=O) groups is 1. The lowest BCUT2D eigenvalue weighted by atomic mass is 9.99. The van der Waals surface area contributed by atoms with E-state index in [4.69, 9.17) is 9.15 Å². The number of hydrogen-bond donors (Lipinski definition) is 1. The summed E-state index contributed by atoms with van der Waals surface area (Å²) in [6.45, 7) is 5.13. The van der Waals surface area contributed by atoms with Gasteiger partial charge in [-0.25, -0.2) is 17.9 Å². The molecular weight excluding hydrogens is 322 g/mol. The first kappa shape index (κ1) is 17.7. The number of nitrogens with one attached hydrogen (secondary N) is 1. The normalized spacial score (nSPS) is 21.6. The summed E-state index contributed by atoms with van der Waals surface area (Å²) in [5.41, 5.74) is 0.119. The van der Waals surface area contributed by atoms with Gasteiger partial charge in [-0.1, -0.05) is 13.3 Å². The predicted molar refractivity (Wildman–Crippen MR) is 84.8 cm³/mol. The largest absolute Gasteiger partial charge is 0.461 e. The van der Waals surface area contributed by atoms with E-state index < -0.39 is 16.0 Å². The molecule has 0 radical (unpaired) electrons. The number of carbonyl (C=O) groups excluding carboxylic acids is 1. The average Bonchev–Trinajstić information content (AvgIpc) is 3.05. The van der Waals surface area contributed by atoms with Crippen LogP contribution in [0.4, 0.5) is 6.01 Å². The van der Waals surface area contributed by atoms with Crippen LogP contribution >= 0.6 is 0 Å². The molecule has 1 aromatic heterocycles. The van der Waals surface area contributed by atoms with Crippen molar-refractivity contribution in [3.63, 3.8) is 0 Å². The van der Waals surface area contributed by atoms with Crippen LogP contribution in [0.2, 0.25) is 0 Å². The van der Waals surface area contributed by atoms with Crippen LogP contribution in [-0.2, 0) is 14.8 Å². The minimum Gasteiger partial charge on any atom is -0.461 e. The number of nitrogens with zero attached hydrogens (tertiary/aromatic N) is 2. The average molecular weight is 345 g/mol. The number of anilines is 1. The van der Waals surface area contributed by atoms with Gasteiger partial charge in [0, 0.05) is 19.1 Å². The van der Waals surface area contributed by atoms with Crippen LogP contribution in [0.5, 0.6) is 0 Å². The Morgan fingerprint density at radius 1 is 1.48 bits per heavy atom. The van der Waals surface area contributed by atoms with Gasteiger partial charge in [0.2, 0.25) is 10.0 Å². The summed E-state index contributed by atoms with van der Waals surface area (Å²) >= 11 is 0. The first-order valence-corrected chi connectivity index (χ1v) is 9.58. The van der Waals surface area contributed by atoms with Gasteiger partial charge in [-0.2, -0.15) is 4.98 Å². The molecule has 0 unspecified atom stereocenters. The van der Waals surface area contributed by atoms with E-state index in [0.29, 0.717) is 19.1 Å². The van der Waals surface area contributed by atoms with Crippen molar-refractivity contribution in [3.8, 4) is 0 Å². The number of oxazole rings is 1. The second-order valence-electron chi connectivity index (χ2n) is 5.69. The maximum atomic E-state index is 11.6. The predicted octanol–water partition coefficient (Wildman–Crippen LogP) is 1.01. The van der Waals surface area contributed by atoms with Crippen molar-refractivity contribution in [1.29, 1.82) is 0 Å². The fourth-order valence-corrected chi connectivity index (χ4v) is 3.62. The fourth-order valence-electron chi connectivity index (χ4n) is 2.81. The molecule has 8 nitrogen and oxygen atoms in total. The molecular formula is C14H23N3O5S. The van der Waals surface area contributed by atoms with Crippen LogP contribution in [-0.4, -0.2) is 51.4 Å². The summed E-state index contributed by atoms with van der Waals surface area (Å²) in [5, 5.41) is 0. The second kappa shape index (κ2) is 7.31. The Hall–Kier alpha value is -1.61. The summed E-state index contributed by atoms with van der Waals surface area (Å²) < 4.78 is 35.9. The minimum atomic E-state index is -3.28. The van der Waals surface area contributed by atoms with Crippen LogP contribution in [0, 0.1) is 5.92 Å². The molecule has 2 atom stereocenters. The minimum absolute atomic E-state index is 0.119. The first-order valence-electron chi connectivity index (χ1n) is 7.69. The van der Waals surface area contributed by atoms with Crippen molar-refractivity contribution in [3.05, 3.63) is 12.0 Å². The standard InChI is InChI=1S/C14H23N3O5S/c1-4-6-10-7-17(8-11(10)16-23(3,19)20)14-15-12(9-22-14)13(18)21-5-2/h9-11,16H,4-8H2,1-3H3/t10-,11-/m1/s1. The Kier molecular flexibility index (Phi) is 5.64. The highest BCUT2D eigenvalue weighted by atomic mass is 32.2. The molecule has 1 N–H and O–H groups in total. The molecule has 1 aliphatic heterocycles. The molecule has 0 aliphatic carbocycles. The third-order valence-corrected chi connectivity index (χ3v) is 4.44. The molecule has 2 heterocycles. The molecule has 0 spiro atoms. The molecule has 1 saturated heterocycles. The van der Waals surface area contributed by atoms with Crippen LogP contribution in [0.25, 0.3) is 0 Å². The molecule has 1 fully saturated rings. The van der Waals surface area contributed by atoms with Crippen molar-refractivity contribution in [2.45, 2.75) is 32.7 Å². The van der Waals surface area contributed by atoms with Gasteiger partial charge < -0.3 is 14.1 Å². The van der Waals surface area contributed by atoms with E-state index in [0.717, 1.165) is 19.1 Å². The van der Waals surface area contributed by atoms with Crippen molar-refractivity contribution in [2.75, 3.05) is 30.9 Å². The van der Waals surface area contributed by atoms with Gasteiger partial charge in [0.05, 0.1) is 12.9 Å². The van der Waals surface area contributed by atoms with Crippen molar-refractivity contribution in [1.82, 2.24) is 9.71 Å². The third-order valence-electron chi connectivity index (χ3n) is 3.71. The molecule has 0 aromatic carbocycles.